The van der Waals surface area contributed by atoms with Gasteiger partial charge in [0.15, 0.2) is 6.73 Å². The summed E-state index contributed by atoms with van der Waals surface area (Å²) >= 11 is 0. The third kappa shape index (κ3) is 4.02. The summed E-state index contributed by atoms with van der Waals surface area (Å²) in [6.07, 6.45) is 0.795. The second-order valence-corrected chi connectivity index (χ2v) is 9.69. The Balaban J connectivity index is 1.05. The molecule has 2 heterocycles. The maximum atomic E-state index is 13.0. The number of amides is 3. The van der Waals surface area contributed by atoms with Gasteiger partial charge in [-0.05, 0) is 53.6 Å². The van der Waals surface area contributed by atoms with Crippen molar-refractivity contribution in [2.24, 2.45) is 0 Å². The third-order valence-electron chi connectivity index (χ3n) is 7.55. The molecule has 0 bridgehead atoms. The molecule has 2 aliphatic heterocycles. The molecule has 0 radical (unpaired) electrons. The van der Waals surface area contributed by atoms with Gasteiger partial charge in [-0.3, -0.25) is 19.4 Å². The van der Waals surface area contributed by atoms with Gasteiger partial charge in [-0.1, -0.05) is 60.7 Å². The van der Waals surface area contributed by atoms with Crippen molar-refractivity contribution in [3.63, 3.8) is 0 Å². The van der Waals surface area contributed by atoms with E-state index < -0.39 is 18.1 Å². The molecule has 3 aromatic rings. The number of cyclic esters (lactones) is 1. The van der Waals surface area contributed by atoms with Gasteiger partial charge in [0.05, 0.1) is 11.1 Å². The largest absolute Gasteiger partial charge is 0.448 e. The number of unbranched alkanes of at least 4 members (excludes halogenated alkanes) is 1. The van der Waals surface area contributed by atoms with Gasteiger partial charge in [-0.15, -0.1) is 0 Å². The number of benzene rings is 3. The number of hydrogen-bond acceptors (Lipinski definition) is 6. The first-order valence-corrected chi connectivity index (χ1v) is 12.8. The Kier molecular flexibility index (Phi) is 6.15. The van der Waals surface area contributed by atoms with Crippen molar-refractivity contribution >= 4 is 23.9 Å². The number of rotatable bonds is 7. The number of ether oxygens (including phenoxy) is 2. The number of carbonyl (C=O) groups is 4. The lowest BCUT2D eigenvalue weighted by atomic mass is 9.98. The van der Waals surface area contributed by atoms with E-state index >= 15 is 0 Å². The van der Waals surface area contributed by atoms with Crippen molar-refractivity contribution in [3.8, 4) is 11.1 Å². The van der Waals surface area contributed by atoms with Gasteiger partial charge < -0.3 is 9.47 Å². The minimum absolute atomic E-state index is 0.0799. The molecule has 8 nitrogen and oxygen atoms in total. The zero-order valence-electron chi connectivity index (χ0n) is 20.7. The Morgan fingerprint density at radius 1 is 0.789 bits per heavy atom. The topological polar surface area (TPSA) is 93.2 Å². The molecule has 0 spiro atoms. The van der Waals surface area contributed by atoms with Crippen LogP contribution < -0.4 is 0 Å². The average Bonchev–Trinajstić information content (AvgIpc) is 3.56. The normalized spacial score (nSPS) is 17.9. The van der Waals surface area contributed by atoms with Crippen LogP contribution in [0.2, 0.25) is 0 Å². The molecule has 0 unspecified atom stereocenters. The monoisotopic (exact) mass is 510 g/mol. The van der Waals surface area contributed by atoms with Crippen LogP contribution in [0.1, 0.15) is 57.0 Å². The number of fused-ring (bicyclic) bond motifs is 4. The molecular weight excluding hydrogens is 484 g/mol. The van der Waals surface area contributed by atoms with E-state index in [-0.39, 0.29) is 37.6 Å². The van der Waals surface area contributed by atoms with E-state index in [4.69, 9.17) is 9.47 Å². The van der Waals surface area contributed by atoms with Crippen LogP contribution in [0, 0.1) is 0 Å². The van der Waals surface area contributed by atoms with E-state index in [2.05, 4.69) is 12.1 Å². The Hall–Kier alpha value is -4.46. The lowest BCUT2D eigenvalue weighted by molar-refractivity contribution is -0.139. The lowest BCUT2D eigenvalue weighted by Gasteiger charge is -2.22. The van der Waals surface area contributed by atoms with Crippen LogP contribution in [0.25, 0.3) is 11.1 Å². The predicted octanol–water partition coefficient (Wildman–Crippen LogP) is 4.59. The van der Waals surface area contributed by atoms with E-state index in [1.54, 1.807) is 24.3 Å². The van der Waals surface area contributed by atoms with Gasteiger partial charge in [0.1, 0.15) is 12.6 Å². The number of hydrogen-bond donors (Lipinski definition) is 0. The Morgan fingerprint density at radius 3 is 1.95 bits per heavy atom. The number of nitrogens with zero attached hydrogens (tertiary/aromatic N) is 2. The SMILES string of the molecule is O=C1OCN(C(=O)OCC2c3ccccc3-c3ccccc32)[C@H]1CCCCN1C(=O)c2ccccc2C1=O. The summed E-state index contributed by atoms with van der Waals surface area (Å²) in [6, 6.07) is 22.2. The van der Waals surface area contributed by atoms with E-state index in [0.29, 0.717) is 30.4 Å². The van der Waals surface area contributed by atoms with Crippen LogP contribution in [-0.4, -0.2) is 59.6 Å². The van der Waals surface area contributed by atoms with E-state index in [1.165, 1.54) is 9.80 Å². The predicted molar refractivity (Wildman–Crippen MR) is 137 cm³/mol. The van der Waals surface area contributed by atoms with Crippen molar-refractivity contribution in [2.75, 3.05) is 19.9 Å². The summed E-state index contributed by atoms with van der Waals surface area (Å²) in [5.41, 5.74) is 5.33. The summed E-state index contributed by atoms with van der Waals surface area (Å²) in [5, 5.41) is 0. The molecule has 6 rings (SSSR count). The lowest BCUT2D eigenvalue weighted by Crippen LogP contribution is -2.39. The van der Waals surface area contributed by atoms with Crippen molar-refractivity contribution in [3.05, 3.63) is 95.1 Å². The molecule has 3 aromatic carbocycles. The van der Waals surface area contributed by atoms with Crippen LogP contribution in [0.15, 0.2) is 72.8 Å². The van der Waals surface area contributed by atoms with Gasteiger partial charge in [0, 0.05) is 12.5 Å². The molecule has 38 heavy (non-hydrogen) atoms. The van der Waals surface area contributed by atoms with Gasteiger partial charge in [-0.2, -0.15) is 0 Å². The highest BCUT2D eigenvalue weighted by Gasteiger charge is 2.40. The fraction of sp³-hybridized carbons (Fsp3) is 0.267. The zero-order chi connectivity index (χ0) is 26.2. The molecule has 0 saturated carbocycles. The fourth-order valence-electron chi connectivity index (χ4n) is 5.63. The fourth-order valence-corrected chi connectivity index (χ4v) is 5.63. The highest BCUT2D eigenvalue weighted by molar-refractivity contribution is 6.21. The molecule has 1 fully saturated rings. The van der Waals surface area contributed by atoms with Gasteiger partial charge in [0.2, 0.25) is 0 Å². The molecule has 0 aromatic heterocycles. The van der Waals surface area contributed by atoms with Gasteiger partial charge >= 0.3 is 12.1 Å². The summed E-state index contributed by atoms with van der Waals surface area (Å²) in [5.74, 6) is -1.15. The molecule has 3 amide bonds. The maximum Gasteiger partial charge on any atom is 0.413 e. The molecule has 1 saturated heterocycles. The number of imide groups is 1. The first-order valence-electron chi connectivity index (χ1n) is 12.8. The minimum atomic E-state index is -0.757. The second-order valence-electron chi connectivity index (χ2n) is 9.69. The first-order chi connectivity index (χ1) is 18.5. The molecule has 1 atom stereocenters. The average molecular weight is 511 g/mol. The van der Waals surface area contributed by atoms with E-state index in [9.17, 15) is 19.2 Å². The molecule has 3 aliphatic rings. The third-order valence-corrected chi connectivity index (χ3v) is 7.55. The van der Waals surface area contributed by atoms with Crippen LogP contribution in [0.3, 0.4) is 0 Å². The molecule has 192 valence electrons. The molecule has 8 heteroatoms. The summed E-state index contributed by atoms with van der Waals surface area (Å²) in [7, 11) is 0. The highest BCUT2D eigenvalue weighted by Crippen LogP contribution is 2.44. The van der Waals surface area contributed by atoms with Crippen molar-refractivity contribution in [1.82, 2.24) is 9.80 Å². The Bertz CT molecular complexity index is 1370. The number of carbonyl (C=O) groups excluding carboxylic acids is 4. The van der Waals surface area contributed by atoms with E-state index in [1.807, 2.05) is 36.4 Å². The first kappa shape index (κ1) is 23.9. The molecule has 0 N–H and O–H groups in total. The van der Waals surface area contributed by atoms with Crippen LogP contribution in [0.5, 0.6) is 0 Å². The summed E-state index contributed by atoms with van der Waals surface area (Å²) in [4.78, 5) is 53.0. The van der Waals surface area contributed by atoms with Crippen LogP contribution in [0.4, 0.5) is 4.79 Å². The molecular formula is C30H26N2O6. The van der Waals surface area contributed by atoms with Crippen molar-refractivity contribution in [2.45, 2.75) is 31.2 Å². The highest BCUT2D eigenvalue weighted by atomic mass is 16.6. The van der Waals surface area contributed by atoms with Crippen molar-refractivity contribution in [1.29, 1.82) is 0 Å². The second kappa shape index (κ2) is 9.78. The standard InChI is InChI=1S/C30H26N2O6/c33-27-23-13-5-6-14-24(23)28(34)31(27)16-8-7-15-26-29(35)38-18-32(26)30(36)37-17-25-21-11-3-1-9-19(21)20-10-2-4-12-22(20)25/h1-6,9-14,25-26H,7-8,15-18H2/t26-/m0/s1. The Labute approximate surface area is 219 Å². The van der Waals surface area contributed by atoms with Crippen LogP contribution >= 0.6 is 0 Å². The van der Waals surface area contributed by atoms with Crippen LogP contribution in [-0.2, 0) is 14.3 Å². The maximum absolute atomic E-state index is 13.0. The minimum Gasteiger partial charge on any atom is -0.448 e. The van der Waals surface area contributed by atoms with Gasteiger partial charge in [-0.25, -0.2) is 9.59 Å². The van der Waals surface area contributed by atoms with E-state index in [0.717, 1.165) is 22.3 Å². The Morgan fingerprint density at radius 2 is 1.34 bits per heavy atom. The summed E-state index contributed by atoms with van der Waals surface area (Å²) in [6.45, 7) is 0.252. The zero-order valence-corrected chi connectivity index (χ0v) is 20.7. The van der Waals surface area contributed by atoms with Gasteiger partial charge in [0.25, 0.3) is 11.8 Å². The number of esters is 1. The summed E-state index contributed by atoms with van der Waals surface area (Å²) < 4.78 is 10.9. The van der Waals surface area contributed by atoms with Crippen molar-refractivity contribution < 1.29 is 28.7 Å². The quantitative estimate of drug-likeness (QED) is 0.262. The smallest absolute Gasteiger partial charge is 0.413 e. The molecule has 1 aliphatic carbocycles.